The van der Waals surface area contributed by atoms with Gasteiger partial charge in [0, 0.05) is 36.3 Å². The van der Waals surface area contributed by atoms with Crippen LogP contribution in [-0.2, 0) is 11.2 Å². The third-order valence-corrected chi connectivity index (χ3v) is 5.48. The van der Waals surface area contributed by atoms with Gasteiger partial charge in [-0.05, 0) is 38.3 Å². The lowest BCUT2D eigenvalue weighted by Gasteiger charge is -2.32. The van der Waals surface area contributed by atoms with Gasteiger partial charge in [-0.15, -0.1) is 11.3 Å². The summed E-state index contributed by atoms with van der Waals surface area (Å²) in [7, 11) is 0. The number of hydrogen-bond acceptors (Lipinski definition) is 4. The normalized spacial score (nSPS) is 18.5. The van der Waals surface area contributed by atoms with Crippen LogP contribution in [0, 0.1) is 13.8 Å². The first-order valence-electron chi connectivity index (χ1n) is 7.74. The molecule has 22 heavy (non-hydrogen) atoms. The molecule has 0 radical (unpaired) electrons. The van der Waals surface area contributed by atoms with Crippen LogP contribution in [0.5, 0.6) is 0 Å². The monoisotopic (exact) mass is 315 g/mol. The molecule has 3 rings (SSSR count). The lowest BCUT2D eigenvalue weighted by Crippen LogP contribution is -2.39. The van der Waals surface area contributed by atoms with Crippen molar-refractivity contribution in [1.82, 2.24) is 14.9 Å². The Labute approximate surface area is 135 Å². The lowest BCUT2D eigenvalue weighted by molar-refractivity contribution is -0.131. The molecule has 0 aliphatic carbocycles. The number of aromatic nitrogens is 2. The smallest absolute Gasteiger partial charge is 0.227 e. The van der Waals surface area contributed by atoms with Crippen LogP contribution < -0.4 is 0 Å². The molecule has 1 saturated heterocycles. The third-order valence-electron chi connectivity index (χ3n) is 4.25. The van der Waals surface area contributed by atoms with Crippen molar-refractivity contribution in [3.05, 3.63) is 45.7 Å². The number of rotatable bonds is 3. The molecule has 0 unspecified atom stereocenters. The molecule has 2 aromatic rings. The molecule has 0 spiro atoms. The van der Waals surface area contributed by atoms with Crippen LogP contribution >= 0.6 is 11.3 Å². The second kappa shape index (κ2) is 6.57. The number of carbonyl (C=O) groups excluding carboxylic acids is 1. The third kappa shape index (κ3) is 3.35. The highest BCUT2D eigenvalue weighted by molar-refractivity contribution is 7.11. The Morgan fingerprint density at radius 1 is 1.45 bits per heavy atom. The molecule has 3 heterocycles. The summed E-state index contributed by atoms with van der Waals surface area (Å²) in [6.45, 7) is 5.83. The van der Waals surface area contributed by atoms with E-state index in [1.165, 1.54) is 9.88 Å². The van der Waals surface area contributed by atoms with E-state index in [9.17, 15) is 4.79 Å². The molecule has 0 bridgehead atoms. The summed E-state index contributed by atoms with van der Waals surface area (Å²) in [6.07, 6.45) is 6.13. The zero-order chi connectivity index (χ0) is 15.5. The standard InChI is InChI=1S/C17H21N3OS/c1-12-13(2)22-17(19-12)15-6-4-8-20(11-15)16(21)9-14-5-3-7-18-10-14/h3,5,7,10,15H,4,6,8-9,11H2,1-2H3/t15-/m0/s1. The minimum Gasteiger partial charge on any atom is -0.342 e. The van der Waals surface area contributed by atoms with Gasteiger partial charge in [-0.3, -0.25) is 9.78 Å². The number of piperidine rings is 1. The maximum absolute atomic E-state index is 12.5. The van der Waals surface area contributed by atoms with Gasteiger partial charge in [-0.25, -0.2) is 4.98 Å². The number of likely N-dealkylation sites (tertiary alicyclic amines) is 1. The van der Waals surface area contributed by atoms with Gasteiger partial charge >= 0.3 is 0 Å². The summed E-state index contributed by atoms with van der Waals surface area (Å²) < 4.78 is 0. The molecule has 1 amide bonds. The van der Waals surface area contributed by atoms with Crippen LogP contribution in [0.15, 0.2) is 24.5 Å². The summed E-state index contributed by atoms with van der Waals surface area (Å²) in [4.78, 5) is 24.5. The van der Waals surface area contributed by atoms with E-state index < -0.39 is 0 Å². The van der Waals surface area contributed by atoms with Gasteiger partial charge in [0.15, 0.2) is 0 Å². The van der Waals surface area contributed by atoms with Crippen molar-refractivity contribution in [3.63, 3.8) is 0 Å². The van der Waals surface area contributed by atoms with Crippen LogP contribution in [0.2, 0.25) is 0 Å². The van der Waals surface area contributed by atoms with E-state index in [1.807, 2.05) is 17.0 Å². The Hall–Kier alpha value is -1.75. The maximum atomic E-state index is 12.5. The molecular formula is C17H21N3OS. The molecule has 1 aliphatic heterocycles. The van der Waals surface area contributed by atoms with Gasteiger partial charge in [0.05, 0.1) is 17.1 Å². The van der Waals surface area contributed by atoms with Crippen molar-refractivity contribution < 1.29 is 4.79 Å². The average molecular weight is 315 g/mol. The van der Waals surface area contributed by atoms with Crippen LogP contribution in [0.1, 0.15) is 39.9 Å². The summed E-state index contributed by atoms with van der Waals surface area (Å²) in [5.41, 5.74) is 2.11. The Morgan fingerprint density at radius 2 is 2.32 bits per heavy atom. The van der Waals surface area contributed by atoms with Crippen molar-refractivity contribution in [2.24, 2.45) is 0 Å². The van der Waals surface area contributed by atoms with E-state index in [4.69, 9.17) is 0 Å². The Kier molecular flexibility index (Phi) is 4.52. The van der Waals surface area contributed by atoms with Crippen molar-refractivity contribution in [3.8, 4) is 0 Å². The highest BCUT2D eigenvalue weighted by atomic mass is 32.1. The van der Waals surface area contributed by atoms with Crippen molar-refractivity contribution >= 4 is 17.2 Å². The first-order chi connectivity index (χ1) is 10.6. The van der Waals surface area contributed by atoms with Crippen LogP contribution in [-0.4, -0.2) is 33.9 Å². The van der Waals surface area contributed by atoms with E-state index in [0.29, 0.717) is 12.3 Å². The quantitative estimate of drug-likeness (QED) is 0.874. The molecule has 1 atom stereocenters. The Bertz CT molecular complexity index is 634. The molecular weight excluding hydrogens is 294 g/mol. The SMILES string of the molecule is Cc1nc([C@H]2CCCN(C(=O)Cc3cccnc3)C2)sc1C. The highest BCUT2D eigenvalue weighted by Crippen LogP contribution is 2.31. The van der Waals surface area contributed by atoms with Gasteiger partial charge in [0.2, 0.25) is 5.91 Å². The molecule has 5 heteroatoms. The molecule has 4 nitrogen and oxygen atoms in total. The van der Waals surface area contributed by atoms with E-state index in [2.05, 4.69) is 23.8 Å². The van der Waals surface area contributed by atoms with E-state index in [1.54, 1.807) is 23.7 Å². The van der Waals surface area contributed by atoms with E-state index >= 15 is 0 Å². The first kappa shape index (κ1) is 15.2. The van der Waals surface area contributed by atoms with Gasteiger partial charge in [0.25, 0.3) is 0 Å². The number of aryl methyl sites for hydroxylation is 2. The fourth-order valence-corrected chi connectivity index (χ4v) is 3.92. The molecule has 0 N–H and O–H groups in total. The fraction of sp³-hybridized carbons (Fsp3) is 0.471. The highest BCUT2D eigenvalue weighted by Gasteiger charge is 2.26. The van der Waals surface area contributed by atoms with Crippen molar-refractivity contribution in [2.45, 2.75) is 39.0 Å². The van der Waals surface area contributed by atoms with Gasteiger partial charge in [-0.2, -0.15) is 0 Å². The predicted octanol–water partition coefficient (Wildman–Crippen LogP) is 3.10. The zero-order valence-corrected chi connectivity index (χ0v) is 13.9. The molecule has 1 aliphatic rings. The minimum absolute atomic E-state index is 0.197. The topological polar surface area (TPSA) is 46.1 Å². The van der Waals surface area contributed by atoms with Gasteiger partial charge in [-0.1, -0.05) is 6.07 Å². The number of thiazole rings is 1. The van der Waals surface area contributed by atoms with Gasteiger partial charge in [0.1, 0.15) is 0 Å². The first-order valence-corrected chi connectivity index (χ1v) is 8.55. The van der Waals surface area contributed by atoms with Crippen molar-refractivity contribution in [2.75, 3.05) is 13.1 Å². The summed E-state index contributed by atoms with van der Waals surface area (Å²) in [5, 5.41) is 1.19. The fourth-order valence-electron chi connectivity index (χ4n) is 2.87. The number of carbonyl (C=O) groups is 1. The van der Waals surface area contributed by atoms with E-state index in [-0.39, 0.29) is 5.91 Å². The Morgan fingerprint density at radius 3 is 3.00 bits per heavy atom. The van der Waals surface area contributed by atoms with E-state index in [0.717, 1.165) is 37.2 Å². The number of nitrogens with zero attached hydrogens (tertiary/aromatic N) is 3. The van der Waals surface area contributed by atoms with Crippen LogP contribution in [0.3, 0.4) is 0 Å². The lowest BCUT2D eigenvalue weighted by atomic mass is 9.98. The molecule has 116 valence electrons. The number of amides is 1. The number of hydrogen-bond donors (Lipinski definition) is 0. The maximum Gasteiger partial charge on any atom is 0.227 e. The second-order valence-corrected chi connectivity index (χ2v) is 7.15. The number of pyridine rings is 1. The molecule has 1 fully saturated rings. The van der Waals surface area contributed by atoms with Crippen molar-refractivity contribution in [1.29, 1.82) is 0 Å². The minimum atomic E-state index is 0.197. The molecule has 0 aromatic carbocycles. The van der Waals surface area contributed by atoms with Crippen LogP contribution in [0.25, 0.3) is 0 Å². The molecule has 0 saturated carbocycles. The second-order valence-electron chi connectivity index (χ2n) is 5.91. The summed E-state index contributed by atoms with van der Waals surface area (Å²) in [5.74, 6) is 0.590. The zero-order valence-electron chi connectivity index (χ0n) is 13.1. The Balaban J connectivity index is 1.66. The van der Waals surface area contributed by atoms with Crippen LogP contribution in [0.4, 0.5) is 0 Å². The predicted molar refractivity (Wildman–Crippen MR) is 88.1 cm³/mol. The van der Waals surface area contributed by atoms with Gasteiger partial charge < -0.3 is 4.90 Å². The summed E-state index contributed by atoms with van der Waals surface area (Å²) in [6, 6.07) is 3.84. The largest absolute Gasteiger partial charge is 0.342 e. The molecule has 2 aromatic heterocycles. The summed E-state index contributed by atoms with van der Waals surface area (Å²) >= 11 is 1.78. The average Bonchev–Trinajstić information content (AvgIpc) is 2.88.